The van der Waals surface area contributed by atoms with Crippen molar-refractivity contribution >= 4 is 8.80 Å². The van der Waals surface area contributed by atoms with Crippen molar-refractivity contribution in [2.75, 3.05) is 19.8 Å². The van der Waals surface area contributed by atoms with E-state index in [-0.39, 0.29) is 19.8 Å². The molecular formula is C13H19F11O4Si. The molecule has 0 saturated heterocycles. The van der Waals surface area contributed by atoms with E-state index in [9.17, 15) is 48.3 Å². The number of halogens is 11. The van der Waals surface area contributed by atoms with Gasteiger partial charge in [-0.1, -0.05) is 0 Å². The summed E-state index contributed by atoms with van der Waals surface area (Å²) in [6, 6.07) is -1.20. The minimum atomic E-state index is -7.10. The highest BCUT2D eigenvalue weighted by molar-refractivity contribution is 6.60. The molecular weight excluding hydrogens is 457 g/mol. The number of hydrogen-bond donors (Lipinski definition) is 0. The van der Waals surface area contributed by atoms with Crippen LogP contribution in [0.5, 0.6) is 0 Å². The zero-order valence-corrected chi connectivity index (χ0v) is 16.3. The van der Waals surface area contributed by atoms with Gasteiger partial charge < -0.3 is 13.3 Å². The maximum absolute atomic E-state index is 14.3. The molecule has 0 amide bonds. The molecule has 1 unspecified atom stereocenters. The first-order valence-corrected chi connectivity index (χ1v) is 9.98. The quantitative estimate of drug-likeness (QED) is 0.277. The van der Waals surface area contributed by atoms with Crippen LogP contribution in [0.2, 0.25) is 6.04 Å². The van der Waals surface area contributed by atoms with Crippen LogP contribution in [0.3, 0.4) is 0 Å². The Morgan fingerprint density at radius 1 is 0.621 bits per heavy atom. The van der Waals surface area contributed by atoms with E-state index in [1.807, 2.05) is 0 Å². The minimum Gasteiger partial charge on any atom is -0.374 e. The van der Waals surface area contributed by atoms with Gasteiger partial charge in [-0.15, -0.1) is 0 Å². The molecule has 29 heavy (non-hydrogen) atoms. The molecule has 176 valence electrons. The first-order chi connectivity index (χ1) is 12.8. The van der Waals surface area contributed by atoms with Crippen LogP contribution in [0.1, 0.15) is 27.2 Å². The summed E-state index contributed by atoms with van der Waals surface area (Å²) in [6.07, 6.45) is -22.4. The Hall–Kier alpha value is -0.713. The van der Waals surface area contributed by atoms with Gasteiger partial charge >= 0.3 is 39.0 Å². The Morgan fingerprint density at radius 3 is 1.28 bits per heavy atom. The molecule has 0 aliphatic heterocycles. The molecule has 0 aliphatic carbocycles. The van der Waals surface area contributed by atoms with E-state index in [2.05, 4.69) is 4.74 Å². The van der Waals surface area contributed by atoms with Crippen molar-refractivity contribution in [2.45, 2.75) is 63.5 Å². The van der Waals surface area contributed by atoms with Gasteiger partial charge in [0.05, 0.1) is 0 Å². The molecule has 0 saturated carbocycles. The Labute approximate surface area is 159 Å². The fourth-order valence-electron chi connectivity index (χ4n) is 2.00. The van der Waals surface area contributed by atoms with E-state index >= 15 is 0 Å². The first-order valence-electron chi connectivity index (χ1n) is 8.04. The van der Waals surface area contributed by atoms with Gasteiger partial charge in [0.15, 0.2) is 0 Å². The smallest absolute Gasteiger partial charge is 0.374 e. The van der Waals surface area contributed by atoms with Crippen molar-refractivity contribution in [3.05, 3.63) is 0 Å². The minimum absolute atomic E-state index is 0.222. The molecule has 0 aromatic carbocycles. The van der Waals surface area contributed by atoms with E-state index < -0.39 is 51.5 Å². The zero-order valence-electron chi connectivity index (χ0n) is 15.3. The summed E-state index contributed by atoms with van der Waals surface area (Å²) in [7, 11) is -4.12. The number of alkyl halides is 11. The standard InChI is InChI=1S/C13H19F11O4Si/c1-4-25-29(26-5-2,27-6-3)8-7-9(14,11(17,18)19)28-13(23,24)10(15,16)12(20,21)22/h4-8H2,1-3H3. The molecule has 4 nitrogen and oxygen atoms in total. The molecule has 0 aromatic heterocycles. The van der Waals surface area contributed by atoms with Crippen LogP contribution in [0.25, 0.3) is 0 Å². The number of hydrogen-bond acceptors (Lipinski definition) is 4. The second kappa shape index (κ2) is 9.61. The van der Waals surface area contributed by atoms with Crippen LogP contribution in [-0.2, 0) is 18.0 Å². The molecule has 0 rings (SSSR count). The van der Waals surface area contributed by atoms with Crippen molar-refractivity contribution in [3.8, 4) is 0 Å². The summed E-state index contributed by atoms with van der Waals surface area (Å²) in [4.78, 5) is 0. The van der Waals surface area contributed by atoms with Crippen molar-refractivity contribution in [3.63, 3.8) is 0 Å². The van der Waals surface area contributed by atoms with Crippen LogP contribution in [-0.4, -0.2) is 58.9 Å². The summed E-state index contributed by atoms with van der Waals surface area (Å²) in [6.45, 7) is 3.38. The second-order valence-electron chi connectivity index (χ2n) is 5.40. The molecule has 0 radical (unpaired) electrons. The SMILES string of the molecule is CCO[Si](CCC(F)(OC(F)(F)C(F)(F)C(F)(F)F)C(F)(F)F)(OCC)OCC. The topological polar surface area (TPSA) is 36.9 Å². The summed E-state index contributed by atoms with van der Waals surface area (Å²) in [5, 5.41) is 0. The molecule has 0 bridgehead atoms. The predicted octanol–water partition coefficient (Wildman–Crippen LogP) is 5.46. The Kier molecular flexibility index (Phi) is 9.38. The fourth-order valence-corrected chi connectivity index (χ4v) is 4.63. The predicted molar refractivity (Wildman–Crippen MR) is 77.0 cm³/mol. The number of ether oxygens (including phenoxy) is 1. The van der Waals surface area contributed by atoms with Crippen molar-refractivity contribution < 1.29 is 66.3 Å². The highest BCUT2D eigenvalue weighted by atomic mass is 28.4. The summed E-state index contributed by atoms with van der Waals surface area (Å²) in [5.74, 6) is -12.7. The van der Waals surface area contributed by atoms with Gasteiger partial charge in [-0.2, -0.15) is 43.9 Å². The van der Waals surface area contributed by atoms with Crippen molar-refractivity contribution in [1.82, 2.24) is 0 Å². The maximum atomic E-state index is 14.3. The summed E-state index contributed by atoms with van der Waals surface area (Å²) >= 11 is 0. The Balaban J connectivity index is 5.91. The molecule has 0 N–H and O–H groups in total. The highest BCUT2D eigenvalue weighted by Crippen LogP contribution is 2.52. The van der Waals surface area contributed by atoms with Gasteiger partial charge in [-0.05, 0) is 20.8 Å². The molecule has 1 atom stereocenters. The largest absolute Gasteiger partial charge is 0.501 e. The second-order valence-corrected chi connectivity index (χ2v) is 8.13. The van der Waals surface area contributed by atoms with Crippen LogP contribution in [0.4, 0.5) is 48.3 Å². The molecule has 0 fully saturated rings. The Bertz CT molecular complexity index is 495. The van der Waals surface area contributed by atoms with Crippen LogP contribution >= 0.6 is 0 Å². The fraction of sp³-hybridized carbons (Fsp3) is 1.00. The molecule has 0 aliphatic rings. The monoisotopic (exact) mass is 476 g/mol. The third kappa shape index (κ3) is 6.63. The van der Waals surface area contributed by atoms with E-state index in [1.165, 1.54) is 20.8 Å². The van der Waals surface area contributed by atoms with E-state index in [0.29, 0.717) is 0 Å². The van der Waals surface area contributed by atoms with Gasteiger partial charge in [0.25, 0.3) is 0 Å². The van der Waals surface area contributed by atoms with Gasteiger partial charge in [0, 0.05) is 32.3 Å². The normalized spacial score (nSPS) is 16.8. The van der Waals surface area contributed by atoms with Crippen LogP contribution < -0.4 is 0 Å². The van der Waals surface area contributed by atoms with Gasteiger partial charge in [-0.25, -0.2) is 4.39 Å². The van der Waals surface area contributed by atoms with E-state index in [4.69, 9.17) is 13.3 Å². The summed E-state index contributed by atoms with van der Waals surface area (Å²) < 4.78 is 160. The summed E-state index contributed by atoms with van der Waals surface area (Å²) in [5.41, 5.74) is 0. The average molecular weight is 476 g/mol. The van der Waals surface area contributed by atoms with Crippen LogP contribution in [0.15, 0.2) is 0 Å². The molecule has 0 aromatic rings. The number of rotatable bonds is 12. The maximum Gasteiger partial charge on any atom is 0.501 e. The van der Waals surface area contributed by atoms with Crippen molar-refractivity contribution in [2.24, 2.45) is 0 Å². The van der Waals surface area contributed by atoms with E-state index in [1.54, 1.807) is 0 Å². The molecule has 0 heterocycles. The first kappa shape index (κ1) is 28.3. The zero-order chi connectivity index (χ0) is 23.4. The lowest BCUT2D eigenvalue weighted by Gasteiger charge is -2.36. The van der Waals surface area contributed by atoms with Gasteiger partial charge in [-0.3, -0.25) is 4.74 Å². The molecule has 16 heteroatoms. The van der Waals surface area contributed by atoms with Gasteiger partial charge in [0.1, 0.15) is 0 Å². The van der Waals surface area contributed by atoms with Gasteiger partial charge in [0.2, 0.25) is 0 Å². The van der Waals surface area contributed by atoms with E-state index in [0.717, 1.165) is 0 Å². The lowest BCUT2D eigenvalue weighted by molar-refractivity contribution is -0.483. The lowest BCUT2D eigenvalue weighted by Crippen LogP contribution is -2.59. The third-order valence-electron chi connectivity index (χ3n) is 3.28. The highest BCUT2D eigenvalue weighted by Gasteiger charge is 2.78. The Morgan fingerprint density at radius 2 is 1.00 bits per heavy atom. The third-order valence-corrected chi connectivity index (χ3v) is 6.33. The van der Waals surface area contributed by atoms with Crippen LogP contribution in [0, 0.1) is 0 Å². The molecule has 0 spiro atoms. The lowest BCUT2D eigenvalue weighted by atomic mass is 10.2. The average Bonchev–Trinajstić information content (AvgIpc) is 2.51. The van der Waals surface area contributed by atoms with Crippen molar-refractivity contribution in [1.29, 1.82) is 0 Å².